The topological polar surface area (TPSA) is 78.9 Å². The summed E-state index contributed by atoms with van der Waals surface area (Å²) in [5, 5.41) is 0. The van der Waals surface area contributed by atoms with E-state index in [0.717, 1.165) is 64.2 Å². The molecule has 0 saturated carbocycles. The lowest BCUT2D eigenvalue weighted by atomic mass is 10.0. The van der Waals surface area contributed by atoms with Gasteiger partial charge in [0.1, 0.15) is 13.2 Å². The largest absolute Gasteiger partial charge is 0.462 e. The average Bonchev–Trinajstić information content (AvgIpc) is 3.28. The Hall–Kier alpha value is -2.11. The van der Waals surface area contributed by atoms with Crippen molar-refractivity contribution in [1.29, 1.82) is 0 Å². The van der Waals surface area contributed by atoms with Gasteiger partial charge in [0.25, 0.3) is 0 Å². The van der Waals surface area contributed by atoms with Gasteiger partial charge in [-0.3, -0.25) is 14.4 Å². The maximum atomic E-state index is 12.7. The van der Waals surface area contributed by atoms with Crippen LogP contribution in [-0.4, -0.2) is 37.2 Å². The number of carbonyl (C=O) groups is 3. The fourth-order valence-corrected chi connectivity index (χ4v) is 8.18. The van der Waals surface area contributed by atoms with Crippen LogP contribution < -0.4 is 0 Å². The minimum Gasteiger partial charge on any atom is -0.462 e. The van der Waals surface area contributed by atoms with Gasteiger partial charge in [-0.2, -0.15) is 0 Å². The first-order valence-electron chi connectivity index (χ1n) is 27.8. The molecular formula is C57H106O6. The molecule has 0 aromatic carbocycles. The van der Waals surface area contributed by atoms with Crippen molar-refractivity contribution >= 4 is 17.9 Å². The molecule has 0 radical (unpaired) electrons. The Labute approximate surface area is 392 Å². The van der Waals surface area contributed by atoms with Crippen LogP contribution in [0.3, 0.4) is 0 Å². The standard InChI is InChI=1S/C57H106O6/c1-4-7-10-13-16-19-21-22-23-24-25-26-27-28-29-30-31-32-33-34-36-38-41-44-47-50-56(59)62-53-54(52-61-55(58)49-46-43-40-37-18-15-12-9-6-3)63-57(60)51-48-45-42-39-35-20-17-14-11-8-5-2/h14,17,24-25,54H,4-13,15-16,18-23,26-53H2,1-3H3/b17-14-,25-24-. The molecule has 0 spiro atoms. The molecule has 1 atom stereocenters. The monoisotopic (exact) mass is 887 g/mol. The van der Waals surface area contributed by atoms with Crippen LogP contribution in [0.4, 0.5) is 0 Å². The van der Waals surface area contributed by atoms with E-state index in [2.05, 4.69) is 45.1 Å². The third kappa shape index (κ3) is 50.7. The Bertz CT molecular complexity index is 1020. The van der Waals surface area contributed by atoms with Crippen LogP contribution in [0.5, 0.6) is 0 Å². The van der Waals surface area contributed by atoms with E-state index in [9.17, 15) is 14.4 Å². The highest BCUT2D eigenvalue weighted by Crippen LogP contribution is 2.16. The molecule has 6 heteroatoms. The first-order chi connectivity index (χ1) is 31.0. The number of rotatable bonds is 51. The van der Waals surface area contributed by atoms with Gasteiger partial charge in [0.15, 0.2) is 6.10 Å². The molecule has 0 aromatic rings. The highest BCUT2D eigenvalue weighted by Gasteiger charge is 2.19. The van der Waals surface area contributed by atoms with Crippen LogP contribution in [0.15, 0.2) is 24.3 Å². The van der Waals surface area contributed by atoms with Crippen LogP contribution in [0.1, 0.15) is 303 Å². The maximum Gasteiger partial charge on any atom is 0.306 e. The van der Waals surface area contributed by atoms with E-state index in [1.807, 2.05) is 0 Å². The summed E-state index contributed by atoms with van der Waals surface area (Å²) in [6, 6.07) is 0. The van der Waals surface area contributed by atoms with Crippen molar-refractivity contribution in [3.8, 4) is 0 Å². The van der Waals surface area contributed by atoms with Gasteiger partial charge >= 0.3 is 17.9 Å². The zero-order valence-corrected chi connectivity index (χ0v) is 42.4. The normalized spacial score (nSPS) is 12.1. The number of hydrogen-bond donors (Lipinski definition) is 0. The molecule has 0 saturated heterocycles. The van der Waals surface area contributed by atoms with E-state index in [1.165, 1.54) is 199 Å². The third-order valence-corrected chi connectivity index (χ3v) is 12.4. The van der Waals surface area contributed by atoms with E-state index in [4.69, 9.17) is 14.2 Å². The van der Waals surface area contributed by atoms with E-state index in [-0.39, 0.29) is 31.1 Å². The molecule has 0 aliphatic rings. The van der Waals surface area contributed by atoms with Crippen LogP contribution in [-0.2, 0) is 28.6 Å². The Balaban J connectivity index is 4.10. The van der Waals surface area contributed by atoms with Gasteiger partial charge in [-0.05, 0) is 64.2 Å². The van der Waals surface area contributed by atoms with Gasteiger partial charge in [0.05, 0.1) is 0 Å². The Morgan fingerprint density at radius 2 is 0.540 bits per heavy atom. The van der Waals surface area contributed by atoms with Crippen molar-refractivity contribution in [2.24, 2.45) is 0 Å². The number of ether oxygens (including phenoxy) is 3. The van der Waals surface area contributed by atoms with Crippen LogP contribution in [0.2, 0.25) is 0 Å². The number of esters is 3. The Kier molecular flexibility index (Phi) is 50.8. The van der Waals surface area contributed by atoms with Gasteiger partial charge in [0, 0.05) is 19.3 Å². The van der Waals surface area contributed by atoms with E-state index in [1.54, 1.807) is 0 Å². The predicted molar refractivity (Wildman–Crippen MR) is 270 cm³/mol. The molecule has 0 bridgehead atoms. The van der Waals surface area contributed by atoms with E-state index >= 15 is 0 Å². The number of hydrogen-bond acceptors (Lipinski definition) is 6. The summed E-state index contributed by atoms with van der Waals surface area (Å²) in [5.41, 5.74) is 0. The zero-order valence-electron chi connectivity index (χ0n) is 42.4. The summed E-state index contributed by atoms with van der Waals surface area (Å²) < 4.78 is 16.8. The number of carbonyl (C=O) groups excluding carboxylic acids is 3. The summed E-state index contributed by atoms with van der Waals surface area (Å²) in [5.74, 6) is -0.871. The molecule has 0 rings (SSSR count). The van der Waals surface area contributed by atoms with Crippen molar-refractivity contribution in [3.05, 3.63) is 24.3 Å². The van der Waals surface area contributed by atoms with Gasteiger partial charge < -0.3 is 14.2 Å². The molecule has 1 unspecified atom stereocenters. The molecule has 6 nitrogen and oxygen atoms in total. The van der Waals surface area contributed by atoms with E-state index < -0.39 is 6.10 Å². The molecule has 0 aliphatic carbocycles. The SMILES string of the molecule is CCCC/C=C\CCCCCCCC(=O)OC(COC(=O)CCCCCCCCCCC)COC(=O)CCCCCCCCCCCCCCC/C=C\CCCCCCCCCC. The summed E-state index contributed by atoms with van der Waals surface area (Å²) in [7, 11) is 0. The number of allylic oxidation sites excluding steroid dienone is 4. The molecule has 0 aromatic heterocycles. The first kappa shape index (κ1) is 60.9. The minimum atomic E-state index is -0.769. The van der Waals surface area contributed by atoms with Crippen molar-refractivity contribution < 1.29 is 28.6 Å². The lowest BCUT2D eigenvalue weighted by Gasteiger charge is -2.18. The quantitative estimate of drug-likeness (QED) is 0.0262. The van der Waals surface area contributed by atoms with Crippen molar-refractivity contribution in [3.63, 3.8) is 0 Å². The van der Waals surface area contributed by atoms with Gasteiger partial charge in [-0.1, -0.05) is 244 Å². The minimum absolute atomic E-state index is 0.0710. The molecule has 0 aliphatic heterocycles. The highest BCUT2D eigenvalue weighted by atomic mass is 16.6. The second-order valence-corrected chi connectivity index (χ2v) is 18.8. The van der Waals surface area contributed by atoms with Crippen LogP contribution >= 0.6 is 0 Å². The molecule has 0 amide bonds. The second-order valence-electron chi connectivity index (χ2n) is 18.8. The molecule has 370 valence electrons. The predicted octanol–water partition coefficient (Wildman–Crippen LogP) is 18.3. The van der Waals surface area contributed by atoms with Gasteiger partial charge in [-0.25, -0.2) is 0 Å². The van der Waals surface area contributed by atoms with Crippen molar-refractivity contribution in [2.75, 3.05) is 13.2 Å². The highest BCUT2D eigenvalue weighted by molar-refractivity contribution is 5.71. The molecular weight excluding hydrogens is 781 g/mol. The van der Waals surface area contributed by atoms with E-state index in [0.29, 0.717) is 19.3 Å². The maximum absolute atomic E-state index is 12.7. The number of unbranched alkanes of at least 4 members (excludes halogenated alkanes) is 36. The fraction of sp³-hybridized carbons (Fsp3) is 0.877. The molecule has 0 N–H and O–H groups in total. The second kappa shape index (κ2) is 52.5. The molecule has 0 heterocycles. The summed E-state index contributed by atoms with van der Waals surface area (Å²) in [4.78, 5) is 37.9. The van der Waals surface area contributed by atoms with Crippen molar-refractivity contribution in [2.45, 2.75) is 309 Å². The first-order valence-corrected chi connectivity index (χ1v) is 27.8. The Morgan fingerprint density at radius 3 is 0.841 bits per heavy atom. The smallest absolute Gasteiger partial charge is 0.306 e. The fourth-order valence-electron chi connectivity index (χ4n) is 8.18. The summed E-state index contributed by atoms with van der Waals surface area (Å²) >= 11 is 0. The van der Waals surface area contributed by atoms with Crippen molar-refractivity contribution in [1.82, 2.24) is 0 Å². The van der Waals surface area contributed by atoms with Gasteiger partial charge in [0.2, 0.25) is 0 Å². The van der Waals surface area contributed by atoms with Gasteiger partial charge in [-0.15, -0.1) is 0 Å². The Morgan fingerprint density at radius 1 is 0.302 bits per heavy atom. The summed E-state index contributed by atoms with van der Waals surface area (Å²) in [6.45, 7) is 6.60. The molecule has 63 heavy (non-hydrogen) atoms. The average molecular weight is 887 g/mol. The zero-order chi connectivity index (χ0) is 45.8. The molecule has 0 fully saturated rings. The lowest BCUT2D eigenvalue weighted by Crippen LogP contribution is -2.30. The lowest BCUT2D eigenvalue weighted by molar-refractivity contribution is -0.167. The van der Waals surface area contributed by atoms with Crippen LogP contribution in [0.25, 0.3) is 0 Å². The third-order valence-electron chi connectivity index (χ3n) is 12.4. The summed E-state index contributed by atoms with van der Waals surface area (Å²) in [6.07, 6.45) is 60.5. The van der Waals surface area contributed by atoms with Crippen LogP contribution in [0, 0.1) is 0 Å².